The number of carbonyl (C=O) groups is 2. The van der Waals surface area contributed by atoms with Crippen LogP contribution >= 0.6 is 12.6 Å². The number of rotatable bonds is 4. The third-order valence-electron chi connectivity index (χ3n) is 4.70. The van der Waals surface area contributed by atoms with Crippen LogP contribution in [0.15, 0.2) is 82.2 Å². The van der Waals surface area contributed by atoms with Gasteiger partial charge in [-0.3, -0.25) is 4.90 Å². The molecule has 0 radical (unpaired) electrons. The summed E-state index contributed by atoms with van der Waals surface area (Å²) >= 11 is 4.34. The van der Waals surface area contributed by atoms with E-state index in [0.29, 0.717) is 16.1 Å². The van der Waals surface area contributed by atoms with Crippen molar-refractivity contribution in [2.75, 3.05) is 19.1 Å². The molecule has 1 aliphatic heterocycles. The van der Waals surface area contributed by atoms with Gasteiger partial charge in [0.25, 0.3) is 0 Å². The maximum absolute atomic E-state index is 12.9. The molecule has 152 valence electrons. The number of hydrogen-bond donors (Lipinski definition) is 2. The van der Waals surface area contributed by atoms with Gasteiger partial charge < -0.3 is 15.2 Å². The zero-order valence-corrected chi connectivity index (χ0v) is 17.2. The summed E-state index contributed by atoms with van der Waals surface area (Å²) in [5.74, 6) is -2.44. The highest BCUT2D eigenvalue weighted by Gasteiger charge is 2.42. The third-order valence-corrected chi connectivity index (χ3v) is 4.98. The number of methoxy groups -OCH3 is 2. The molecule has 1 aliphatic rings. The lowest BCUT2D eigenvalue weighted by Gasteiger charge is -2.35. The van der Waals surface area contributed by atoms with Crippen LogP contribution in [0.4, 0.5) is 5.69 Å². The van der Waals surface area contributed by atoms with Crippen LogP contribution in [-0.2, 0) is 19.1 Å². The highest BCUT2D eigenvalue weighted by atomic mass is 32.1. The predicted octanol–water partition coefficient (Wildman–Crippen LogP) is 2.87. The summed E-state index contributed by atoms with van der Waals surface area (Å²) in [5.41, 5.74) is 7.41. The molecule has 0 aromatic heterocycles. The smallest absolute Gasteiger partial charge is 0.355 e. The number of esters is 2. The molecule has 7 nitrogen and oxygen atoms in total. The fourth-order valence-corrected chi connectivity index (χ4v) is 3.63. The first-order valence-electron chi connectivity index (χ1n) is 8.89. The molecule has 30 heavy (non-hydrogen) atoms. The fourth-order valence-electron chi connectivity index (χ4n) is 3.41. The molecule has 3 rings (SSSR count). The highest BCUT2D eigenvalue weighted by molar-refractivity contribution is 7.80. The van der Waals surface area contributed by atoms with Crippen LogP contribution in [0.5, 0.6) is 0 Å². The maximum atomic E-state index is 12.9. The molecule has 0 saturated carbocycles. The minimum absolute atomic E-state index is 0.0124. The Balaban J connectivity index is 2.41. The molecule has 0 amide bonds. The molecule has 1 heterocycles. The first-order chi connectivity index (χ1) is 14.4. The number of anilines is 1. The van der Waals surface area contributed by atoms with E-state index in [1.807, 2.05) is 0 Å². The lowest BCUT2D eigenvalue weighted by Crippen LogP contribution is -2.40. The van der Waals surface area contributed by atoms with Crippen LogP contribution in [0.25, 0.3) is 0 Å². The van der Waals surface area contributed by atoms with Crippen molar-refractivity contribution in [3.8, 4) is 6.07 Å². The molecule has 1 atom stereocenters. The van der Waals surface area contributed by atoms with Crippen LogP contribution in [0.3, 0.4) is 0 Å². The minimum Gasteiger partial charge on any atom is -0.466 e. The number of nitrogens with two attached hydrogens (primary N) is 1. The molecule has 0 fully saturated rings. The molecule has 2 aromatic rings. The normalized spacial score (nSPS) is 16.2. The van der Waals surface area contributed by atoms with Gasteiger partial charge in [0, 0.05) is 10.6 Å². The van der Waals surface area contributed by atoms with Crippen molar-refractivity contribution in [2.45, 2.75) is 10.8 Å². The van der Waals surface area contributed by atoms with Gasteiger partial charge in [-0.2, -0.15) is 5.26 Å². The summed E-state index contributed by atoms with van der Waals surface area (Å²) in [5, 5.41) is 9.95. The van der Waals surface area contributed by atoms with E-state index < -0.39 is 17.9 Å². The van der Waals surface area contributed by atoms with Crippen LogP contribution in [0, 0.1) is 11.3 Å². The Morgan fingerprint density at radius 3 is 2.30 bits per heavy atom. The number of nitrogens with zero attached hydrogens (tertiary/aromatic N) is 2. The Bertz CT molecular complexity index is 1100. The van der Waals surface area contributed by atoms with Crippen molar-refractivity contribution in [3.63, 3.8) is 0 Å². The topological polar surface area (TPSA) is 106 Å². The van der Waals surface area contributed by atoms with E-state index in [2.05, 4.69) is 18.7 Å². The second kappa shape index (κ2) is 8.76. The lowest BCUT2D eigenvalue weighted by atomic mass is 9.81. The second-order valence-electron chi connectivity index (χ2n) is 6.36. The van der Waals surface area contributed by atoms with Gasteiger partial charge in [-0.1, -0.05) is 36.4 Å². The Hall–Kier alpha value is -3.70. The van der Waals surface area contributed by atoms with Gasteiger partial charge >= 0.3 is 11.9 Å². The van der Waals surface area contributed by atoms with Crippen molar-refractivity contribution in [2.24, 2.45) is 5.73 Å². The van der Waals surface area contributed by atoms with Gasteiger partial charge in [-0.05, 0) is 23.8 Å². The van der Waals surface area contributed by atoms with Crippen LogP contribution < -0.4 is 10.6 Å². The third kappa shape index (κ3) is 3.63. The van der Waals surface area contributed by atoms with Crippen LogP contribution in [-0.4, -0.2) is 26.2 Å². The van der Waals surface area contributed by atoms with E-state index in [-0.39, 0.29) is 22.7 Å². The zero-order valence-electron chi connectivity index (χ0n) is 16.3. The Morgan fingerprint density at radius 2 is 1.73 bits per heavy atom. The highest BCUT2D eigenvalue weighted by Crippen LogP contribution is 2.43. The Labute approximate surface area is 179 Å². The van der Waals surface area contributed by atoms with Crippen molar-refractivity contribution < 1.29 is 19.1 Å². The van der Waals surface area contributed by atoms with Gasteiger partial charge in [-0.15, -0.1) is 12.6 Å². The molecular weight excluding hydrogens is 402 g/mol. The van der Waals surface area contributed by atoms with Crippen molar-refractivity contribution in [3.05, 3.63) is 82.8 Å². The number of thiol groups is 1. The number of nitriles is 1. The summed E-state index contributed by atoms with van der Waals surface area (Å²) in [6.45, 7) is 0. The van der Waals surface area contributed by atoms with E-state index in [1.165, 1.54) is 19.1 Å². The molecule has 0 spiro atoms. The van der Waals surface area contributed by atoms with E-state index >= 15 is 0 Å². The zero-order chi connectivity index (χ0) is 21.8. The van der Waals surface area contributed by atoms with E-state index in [1.54, 1.807) is 54.6 Å². The van der Waals surface area contributed by atoms with Gasteiger partial charge in [-0.25, -0.2) is 9.59 Å². The molecule has 0 bridgehead atoms. The molecule has 8 heteroatoms. The largest absolute Gasteiger partial charge is 0.466 e. The van der Waals surface area contributed by atoms with Gasteiger partial charge in [0.05, 0.1) is 37.4 Å². The predicted molar refractivity (Wildman–Crippen MR) is 113 cm³/mol. The van der Waals surface area contributed by atoms with E-state index in [9.17, 15) is 14.9 Å². The first kappa shape index (κ1) is 21.0. The molecule has 0 saturated heterocycles. The number of hydrogen-bond acceptors (Lipinski definition) is 8. The lowest BCUT2D eigenvalue weighted by molar-refractivity contribution is -0.139. The van der Waals surface area contributed by atoms with Crippen molar-refractivity contribution in [1.82, 2.24) is 0 Å². The molecule has 1 unspecified atom stereocenters. The quantitative estimate of drug-likeness (QED) is 0.578. The Morgan fingerprint density at radius 1 is 1.07 bits per heavy atom. The first-order valence-corrected chi connectivity index (χ1v) is 9.33. The Kier molecular flexibility index (Phi) is 6.14. The molecule has 0 aliphatic carbocycles. The van der Waals surface area contributed by atoms with E-state index in [0.717, 1.165) is 0 Å². The van der Waals surface area contributed by atoms with Crippen molar-refractivity contribution >= 4 is 30.3 Å². The number of benzene rings is 2. The average molecular weight is 421 g/mol. The van der Waals surface area contributed by atoms with Crippen molar-refractivity contribution in [1.29, 1.82) is 5.26 Å². The van der Waals surface area contributed by atoms with Gasteiger partial charge in [0.15, 0.2) is 0 Å². The second-order valence-corrected chi connectivity index (χ2v) is 6.87. The average Bonchev–Trinajstić information content (AvgIpc) is 2.77. The molecule has 2 N–H and O–H groups in total. The summed E-state index contributed by atoms with van der Waals surface area (Å²) in [4.78, 5) is 27.7. The SMILES string of the molecule is COC(=O)C1=C(C(=O)OC)N(c2cccc(S)c2)C(N)=C(C#N)C1c1ccccc1. The number of allylic oxidation sites excluding steroid dienone is 1. The minimum atomic E-state index is -0.895. The summed E-state index contributed by atoms with van der Waals surface area (Å²) in [6, 6.07) is 17.7. The van der Waals surface area contributed by atoms with Crippen LogP contribution in [0.2, 0.25) is 0 Å². The standard InChI is InChI=1S/C22H19N3O4S/c1-28-21(26)18-17(13-7-4-3-5-8-13)16(12-23)20(24)25(19(18)22(27)29-2)14-9-6-10-15(30)11-14/h3-11,17,30H,24H2,1-2H3. The summed E-state index contributed by atoms with van der Waals surface area (Å²) in [7, 11) is 2.41. The van der Waals surface area contributed by atoms with Crippen LogP contribution in [0.1, 0.15) is 11.5 Å². The van der Waals surface area contributed by atoms with E-state index in [4.69, 9.17) is 15.2 Å². The molecular formula is C22H19N3O4S. The summed E-state index contributed by atoms with van der Waals surface area (Å²) in [6.07, 6.45) is 0. The fraction of sp³-hybridized carbons (Fsp3) is 0.136. The van der Waals surface area contributed by atoms with Gasteiger partial charge in [0.1, 0.15) is 11.5 Å². The van der Waals surface area contributed by atoms with Gasteiger partial charge in [0.2, 0.25) is 0 Å². The number of carbonyl (C=O) groups excluding carboxylic acids is 2. The molecule has 2 aromatic carbocycles. The monoisotopic (exact) mass is 421 g/mol. The summed E-state index contributed by atoms with van der Waals surface area (Å²) < 4.78 is 9.95. The maximum Gasteiger partial charge on any atom is 0.355 e. The number of ether oxygens (including phenoxy) is 2.